The van der Waals surface area contributed by atoms with E-state index < -0.39 is 124 Å². The van der Waals surface area contributed by atoms with Crippen molar-refractivity contribution in [3.8, 4) is 0 Å². The zero-order valence-corrected chi connectivity index (χ0v) is 72.3. The summed E-state index contributed by atoms with van der Waals surface area (Å²) in [6, 6.07) is -0.978. The van der Waals surface area contributed by atoms with E-state index >= 15 is 0 Å². The van der Waals surface area contributed by atoms with E-state index in [2.05, 4.69) is 104 Å². The van der Waals surface area contributed by atoms with Crippen LogP contribution in [0.15, 0.2) is 97.2 Å². The molecule has 17 atom stereocenters. The summed E-state index contributed by atoms with van der Waals surface area (Å²) < 4.78 is 34.6. The monoisotopic (exact) mass is 1630 g/mol. The Morgan fingerprint density at radius 2 is 0.600 bits per heavy atom. The molecule has 1 amide bonds. The van der Waals surface area contributed by atoms with Crippen molar-refractivity contribution >= 4 is 5.91 Å². The third-order valence-electron chi connectivity index (χ3n) is 22.9. The van der Waals surface area contributed by atoms with Crippen LogP contribution >= 0.6 is 0 Å². The molecule has 0 aromatic carbocycles. The maximum absolute atomic E-state index is 13.5. The Bertz CT molecular complexity index is 2450. The highest BCUT2D eigenvalue weighted by molar-refractivity contribution is 5.76. The van der Waals surface area contributed by atoms with Crippen molar-refractivity contribution in [3.63, 3.8) is 0 Å². The molecule has 668 valence electrons. The van der Waals surface area contributed by atoms with E-state index in [4.69, 9.17) is 28.4 Å². The molecule has 0 spiro atoms. The highest BCUT2D eigenvalue weighted by Crippen LogP contribution is 2.34. The zero-order valence-electron chi connectivity index (χ0n) is 72.3. The predicted molar refractivity (Wildman–Crippen MR) is 466 cm³/mol. The molecular formula is C96H171NO18. The van der Waals surface area contributed by atoms with Crippen LogP contribution in [0, 0.1) is 0 Å². The molecule has 0 saturated carbocycles. The minimum absolute atomic E-state index is 0.243. The first-order chi connectivity index (χ1) is 56.3. The summed E-state index contributed by atoms with van der Waals surface area (Å²) in [6.07, 6.45) is 77.0. The first-order valence-corrected chi connectivity index (χ1v) is 47.0. The van der Waals surface area contributed by atoms with Crippen LogP contribution in [0.1, 0.15) is 373 Å². The van der Waals surface area contributed by atoms with Gasteiger partial charge in [-0.3, -0.25) is 4.79 Å². The van der Waals surface area contributed by atoms with Gasteiger partial charge in [0.25, 0.3) is 0 Å². The number of carbonyl (C=O) groups excluding carboxylic acids is 1. The Morgan fingerprint density at radius 3 is 0.939 bits per heavy atom. The van der Waals surface area contributed by atoms with Crippen molar-refractivity contribution < 1.29 is 89.4 Å². The second-order valence-corrected chi connectivity index (χ2v) is 33.1. The summed E-state index contributed by atoms with van der Waals surface area (Å²) in [4.78, 5) is 13.5. The van der Waals surface area contributed by atoms with Gasteiger partial charge >= 0.3 is 0 Å². The number of aliphatic hydroxyl groups is 11. The average Bonchev–Trinajstić information content (AvgIpc) is 0.778. The van der Waals surface area contributed by atoms with Gasteiger partial charge in [0.1, 0.15) is 73.2 Å². The average molecular weight is 1630 g/mol. The molecule has 3 fully saturated rings. The molecule has 17 unspecified atom stereocenters. The molecule has 3 heterocycles. The zero-order chi connectivity index (χ0) is 83.1. The maximum atomic E-state index is 13.5. The van der Waals surface area contributed by atoms with Crippen LogP contribution in [-0.4, -0.2) is 193 Å². The van der Waals surface area contributed by atoms with Crippen LogP contribution in [0.2, 0.25) is 0 Å². The van der Waals surface area contributed by atoms with E-state index in [1.165, 1.54) is 257 Å². The van der Waals surface area contributed by atoms with Crippen LogP contribution in [0.25, 0.3) is 0 Å². The Kier molecular flexibility index (Phi) is 68.6. The van der Waals surface area contributed by atoms with Crippen LogP contribution in [-0.2, 0) is 33.2 Å². The first kappa shape index (κ1) is 106. The van der Waals surface area contributed by atoms with Gasteiger partial charge in [0.2, 0.25) is 5.91 Å². The number of rotatable bonds is 76. The van der Waals surface area contributed by atoms with Crippen LogP contribution < -0.4 is 5.32 Å². The van der Waals surface area contributed by atoms with Gasteiger partial charge in [-0.05, 0) is 77.0 Å². The number of ether oxygens (including phenoxy) is 6. The van der Waals surface area contributed by atoms with E-state index in [1.807, 2.05) is 6.08 Å². The van der Waals surface area contributed by atoms with Crippen LogP contribution in [0.3, 0.4) is 0 Å². The molecule has 3 rings (SSSR count). The smallest absolute Gasteiger partial charge is 0.220 e. The molecule has 0 aromatic heterocycles. The molecule has 0 aromatic rings. The minimum atomic E-state index is -1.98. The van der Waals surface area contributed by atoms with Crippen LogP contribution in [0.5, 0.6) is 0 Å². The SMILES string of the molecule is CC/C=C\C/C=C\C/C=C\C/C=C\C/C=C\C/C=C\C/C=C\CCCCCCCCCCCCCCCCCCCCCC(=O)NC(COC1OC(CO)C(OC2OC(CO)C(OC3OC(CO)C(O)C(O)C3O)C(O)C2O)C(O)C1O)C(O)/C=C/CCCCCCCCCCCCCCCCCCCCCCCCCCCCC. The van der Waals surface area contributed by atoms with Crippen molar-refractivity contribution in [2.45, 2.75) is 478 Å². The molecule has 12 N–H and O–H groups in total. The number of unbranched alkanes of at least 4 members (excludes halogenated alkanes) is 46. The fourth-order valence-electron chi connectivity index (χ4n) is 15.5. The Hall–Kier alpha value is -3.29. The maximum Gasteiger partial charge on any atom is 0.220 e. The number of nitrogens with one attached hydrogen (secondary N) is 1. The molecule has 3 aliphatic rings. The molecule has 19 heteroatoms. The Balaban J connectivity index is 1.30. The molecule has 115 heavy (non-hydrogen) atoms. The third kappa shape index (κ3) is 52.6. The standard InChI is InChI=1S/C96H171NO18/c1-3-5-7-9-11-13-15-17-19-21-23-25-27-29-31-33-34-35-36-37-38-39-40-41-42-43-44-46-48-50-52-54-56-58-60-62-64-66-68-70-72-74-84(102)97-79(80(101)73-71-69-67-65-63-61-59-57-55-53-51-49-47-45-32-30-28-26-24-22-20-18-16-14-12-10-8-6-4-2)78-110-94-90(108)87(105)92(82(76-99)112-94)115-96-91(109)88(106)93(83(77-100)113-96)114-95-89(107)86(104)85(103)81(75-98)111-95/h5,7,11,13,17,19,23,25,29,31,34-35,37-38,71,73,79-83,85-96,98-101,103-109H,3-4,6,8-10,12,14-16,18,20-22,24,26-28,30,32-33,36,39-70,72,74-78H2,1-2H3,(H,97,102)/b7-5-,13-11-,19-17-,25-23-,31-29-,35-34-,38-37-,73-71+. The van der Waals surface area contributed by atoms with Crippen molar-refractivity contribution in [2.24, 2.45) is 0 Å². The summed E-state index contributed by atoms with van der Waals surface area (Å²) in [5.74, 6) is -0.271. The molecule has 0 bridgehead atoms. The fraction of sp³-hybridized carbons (Fsp3) is 0.823. The largest absolute Gasteiger partial charge is 0.394 e. The molecular weight excluding hydrogens is 1460 g/mol. The summed E-state index contributed by atoms with van der Waals surface area (Å²) in [7, 11) is 0. The van der Waals surface area contributed by atoms with Gasteiger partial charge in [-0.1, -0.05) is 387 Å². The minimum Gasteiger partial charge on any atom is -0.394 e. The van der Waals surface area contributed by atoms with Gasteiger partial charge in [0, 0.05) is 6.42 Å². The van der Waals surface area contributed by atoms with Crippen molar-refractivity contribution in [1.29, 1.82) is 0 Å². The number of carbonyl (C=O) groups is 1. The predicted octanol–water partition coefficient (Wildman–Crippen LogP) is 18.6. The second kappa shape index (κ2) is 74.5. The van der Waals surface area contributed by atoms with E-state index in [1.54, 1.807) is 6.08 Å². The van der Waals surface area contributed by atoms with Gasteiger partial charge in [-0.15, -0.1) is 0 Å². The van der Waals surface area contributed by atoms with Gasteiger partial charge in [-0.25, -0.2) is 0 Å². The first-order valence-electron chi connectivity index (χ1n) is 47.0. The van der Waals surface area contributed by atoms with Crippen molar-refractivity contribution in [1.82, 2.24) is 5.32 Å². The highest BCUT2D eigenvalue weighted by Gasteiger charge is 2.54. The number of aliphatic hydroxyl groups excluding tert-OH is 11. The molecule has 19 nitrogen and oxygen atoms in total. The summed E-state index contributed by atoms with van der Waals surface area (Å²) >= 11 is 0. The Morgan fingerprint density at radius 1 is 0.322 bits per heavy atom. The quantitative estimate of drug-likeness (QED) is 0.0199. The summed E-state index contributed by atoms with van der Waals surface area (Å²) in [5.41, 5.74) is 0. The third-order valence-corrected chi connectivity index (χ3v) is 22.9. The van der Waals surface area contributed by atoms with E-state index in [9.17, 15) is 61.0 Å². The lowest BCUT2D eigenvalue weighted by Gasteiger charge is -2.48. The van der Waals surface area contributed by atoms with Crippen LogP contribution in [0.4, 0.5) is 0 Å². The number of amides is 1. The van der Waals surface area contributed by atoms with E-state index in [-0.39, 0.29) is 18.9 Å². The summed E-state index contributed by atoms with van der Waals surface area (Å²) in [6.45, 7) is 1.67. The van der Waals surface area contributed by atoms with Gasteiger partial charge in [0.15, 0.2) is 18.9 Å². The summed E-state index contributed by atoms with van der Waals surface area (Å²) in [5, 5.41) is 121. The lowest BCUT2D eigenvalue weighted by atomic mass is 9.96. The fourth-order valence-corrected chi connectivity index (χ4v) is 15.5. The molecule has 3 aliphatic heterocycles. The van der Waals surface area contributed by atoms with Gasteiger partial charge < -0.3 is 89.9 Å². The molecule has 3 saturated heterocycles. The normalized spacial score (nSPS) is 25.0. The second-order valence-electron chi connectivity index (χ2n) is 33.1. The molecule has 0 aliphatic carbocycles. The Labute approximate surface area is 698 Å². The lowest BCUT2D eigenvalue weighted by molar-refractivity contribution is -0.379. The number of allylic oxidation sites excluding steroid dienone is 15. The van der Waals surface area contributed by atoms with Gasteiger partial charge in [0.05, 0.1) is 38.6 Å². The van der Waals surface area contributed by atoms with Crippen molar-refractivity contribution in [3.05, 3.63) is 97.2 Å². The highest BCUT2D eigenvalue weighted by atomic mass is 16.8. The number of hydrogen-bond acceptors (Lipinski definition) is 18. The molecule has 0 radical (unpaired) electrons. The lowest BCUT2D eigenvalue weighted by Crippen LogP contribution is -2.66. The van der Waals surface area contributed by atoms with E-state index in [0.29, 0.717) is 6.42 Å². The topological polar surface area (TPSA) is 307 Å². The van der Waals surface area contributed by atoms with E-state index in [0.717, 1.165) is 89.9 Å². The van der Waals surface area contributed by atoms with Gasteiger partial charge in [-0.2, -0.15) is 0 Å². The number of hydrogen-bond donors (Lipinski definition) is 12. The van der Waals surface area contributed by atoms with Crippen molar-refractivity contribution in [2.75, 3.05) is 26.4 Å².